The van der Waals surface area contributed by atoms with Gasteiger partial charge in [-0.3, -0.25) is 0 Å². The van der Waals surface area contributed by atoms with Crippen molar-refractivity contribution in [3.05, 3.63) is 181 Å². The van der Waals surface area contributed by atoms with E-state index in [9.17, 15) is 30.7 Å². The zero-order chi connectivity index (χ0) is 40.2. The number of rotatable bonds is 6. The van der Waals surface area contributed by atoms with Gasteiger partial charge in [0.1, 0.15) is 5.82 Å². The monoisotopic (exact) mass is 780 g/mol. The Bertz CT molecular complexity index is 2880. The molecule has 2 aromatic heterocycles. The van der Waals surface area contributed by atoms with Gasteiger partial charge in [-0.05, 0) is 76.9 Å². The number of fused-ring (bicyclic) bond motifs is 3. The van der Waals surface area contributed by atoms with Crippen LogP contribution in [0, 0.1) is 5.82 Å². The molecule has 0 spiro atoms. The lowest BCUT2D eigenvalue weighted by atomic mass is 9.98. The number of aromatic nitrogens is 4. The summed E-state index contributed by atoms with van der Waals surface area (Å²) >= 11 is 0. The second-order valence-corrected chi connectivity index (χ2v) is 13.7. The standard InChI is InChI=1S/C47H27F7N4/c48-36-19-15-28(16-20-36)31-18-22-39(45-56-43(29-9-3-1-4-10-29)55-44(57-45)30-11-5-2-6-12-30)42(25-31)58-40-14-8-7-13-37(40)38-21-17-32(26-41(38)58)33-23-34(46(49,50)51)27-35(24-33)47(52,53)54/h1-27H. The average molecular weight is 781 g/mol. The number of halogens is 7. The number of hydrogen-bond donors (Lipinski definition) is 0. The van der Waals surface area contributed by atoms with Crippen molar-refractivity contribution >= 4 is 21.8 Å². The van der Waals surface area contributed by atoms with Crippen LogP contribution < -0.4 is 0 Å². The fourth-order valence-electron chi connectivity index (χ4n) is 7.19. The molecule has 0 atom stereocenters. The molecule has 0 saturated carbocycles. The molecule has 284 valence electrons. The Morgan fingerprint density at radius 1 is 0.379 bits per heavy atom. The minimum absolute atomic E-state index is 0.119. The van der Waals surface area contributed by atoms with Crippen molar-refractivity contribution in [3.63, 3.8) is 0 Å². The zero-order valence-electron chi connectivity index (χ0n) is 30.0. The summed E-state index contributed by atoms with van der Waals surface area (Å²) in [6.07, 6.45) is -10.0. The van der Waals surface area contributed by atoms with Crippen LogP contribution in [0.4, 0.5) is 30.7 Å². The third-order valence-corrected chi connectivity index (χ3v) is 9.95. The van der Waals surface area contributed by atoms with Gasteiger partial charge in [0.25, 0.3) is 0 Å². The molecular formula is C47H27F7N4. The molecule has 0 bridgehead atoms. The highest BCUT2D eigenvalue weighted by Crippen LogP contribution is 2.42. The molecule has 0 aliphatic carbocycles. The molecule has 0 saturated heterocycles. The molecule has 4 nitrogen and oxygen atoms in total. The maximum absolute atomic E-state index is 14.1. The molecule has 0 fully saturated rings. The first kappa shape index (κ1) is 36.5. The van der Waals surface area contributed by atoms with Gasteiger partial charge in [-0.1, -0.05) is 109 Å². The molecule has 11 heteroatoms. The summed E-state index contributed by atoms with van der Waals surface area (Å²) in [5, 5.41) is 1.49. The predicted octanol–water partition coefficient (Wildman–Crippen LogP) is 13.5. The van der Waals surface area contributed by atoms with Gasteiger partial charge in [0.15, 0.2) is 17.5 Å². The van der Waals surface area contributed by atoms with E-state index >= 15 is 0 Å². The van der Waals surface area contributed by atoms with Gasteiger partial charge in [-0.25, -0.2) is 19.3 Å². The van der Waals surface area contributed by atoms with Crippen LogP contribution in [0.15, 0.2) is 164 Å². The van der Waals surface area contributed by atoms with Gasteiger partial charge in [-0.15, -0.1) is 0 Å². The first-order chi connectivity index (χ1) is 27.9. The number of para-hydroxylation sites is 1. The van der Waals surface area contributed by atoms with E-state index < -0.39 is 29.3 Å². The Kier molecular flexibility index (Phi) is 8.88. The van der Waals surface area contributed by atoms with Gasteiger partial charge < -0.3 is 4.57 Å². The first-order valence-electron chi connectivity index (χ1n) is 18.0. The highest BCUT2D eigenvalue weighted by Gasteiger charge is 2.37. The molecule has 0 aliphatic rings. The van der Waals surface area contributed by atoms with E-state index in [0.717, 1.165) is 28.6 Å². The van der Waals surface area contributed by atoms with Crippen molar-refractivity contribution in [3.8, 4) is 62.1 Å². The van der Waals surface area contributed by atoms with E-state index in [2.05, 4.69) is 0 Å². The second-order valence-electron chi connectivity index (χ2n) is 13.7. The predicted molar refractivity (Wildman–Crippen MR) is 211 cm³/mol. The topological polar surface area (TPSA) is 43.6 Å². The minimum atomic E-state index is -5.02. The van der Waals surface area contributed by atoms with E-state index in [1.807, 2.05) is 108 Å². The fraction of sp³-hybridized carbons (Fsp3) is 0.0426. The Morgan fingerprint density at radius 2 is 0.879 bits per heavy atom. The molecule has 0 N–H and O–H groups in total. The minimum Gasteiger partial charge on any atom is -0.308 e. The van der Waals surface area contributed by atoms with Crippen LogP contribution in [0.3, 0.4) is 0 Å². The molecule has 2 heterocycles. The van der Waals surface area contributed by atoms with Crippen LogP contribution in [0.2, 0.25) is 0 Å². The average Bonchev–Trinajstić information content (AvgIpc) is 3.57. The van der Waals surface area contributed by atoms with Gasteiger partial charge in [-0.2, -0.15) is 26.3 Å². The smallest absolute Gasteiger partial charge is 0.308 e. The largest absolute Gasteiger partial charge is 0.416 e. The van der Waals surface area contributed by atoms with E-state index in [4.69, 9.17) is 15.0 Å². The Labute approximate surface area is 326 Å². The van der Waals surface area contributed by atoms with E-state index in [1.165, 1.54) is 18.2 Å². The molecule has 9 rings (SSSR count). The number of hydrogen-bond acceptors (Lipinski definition) is 3. The lowest BCUT2D eigenvalue weighted by Gasteiger charge is -2.17. The third kappa shape index (κ3) is 6.85. The molecule has 0 amide bonds. The summed E-state index contributed by atoms with van der Waals surface area (Å²) < 4.78 is 100. The number of benzene rings is 7. The van der Waals surface area contributed by atoms with Gasteiger partial charge >= 0.3 is 12.4 Å². The third-order valence-electron chi connectivity index (χ3n) is 9.95. The molecule has 0 aliphatic heterocycles. The SMILES string of the molecule is Fc1ccc(-c2ccc(-c3nc(-c4ccccc4)nc(-c4ccccc4)n3)c(-n3c4ccccc4c4ccc(-c5cc(C(F)(F)F)cc(C(F)(F)F)c5)cc43)c2)cc1. The maximum Gasteiger partial charge on any atom is 0.416 e. The highest BCUT2D eigenvalue weighted by molar-refractivity contribution is 6.10. The normalized spacial score (nSPS) is 12.1. The Balaban J connectivity index is 1.35. The lowest BCUT2D eigenvalue weighted by molar-refractivity contribution is -0.143. The summed E-state index contributed by atoms with van der Waals surface area (Å²) in [5.74, 6) is 0.717. The van der Waals surface area contributed by atoms with Gasteiger partial charge in [0, 0.05) is 27.5 Å². The van der Waals surface area contributed by atoms with Crippen molar-refractivity contribution in [2.45, 2.75) is 12.4 Å². The Hall–Kier alpha value is -7.14. The van der Waals surface area contributed by atoms with Gasteiger partial charge in [0.2, 0.25) is 0 Å². The van der Waals surface area contributed by atoms with E-state index in [-0.39, 0.29) is 17.2 Å². The van der Waals surface area contributed by atoms with Crippen LogP contribution in [0.1, 0.15) is 11.1 Å². The number of alkyl halides is 6. The Morgan fingerprint density at radius 3 is 1.48 bits per heavy atom. The summed E-state index contributed by atoms with van der Waals surface area (Å²) in [4.78, 5) is 14.8. The van der Waals surface area contributed by atoms with Crippen molar-refractivity contribution in [1.82, 2.24) is 19.5 Å². The molecule has 9 aromatic rings. The van der Waals surface area contributed by atoms with Crippen LogP contribution in [0.25, 0.3) is 83.9 Å². The quantitative estimate of drug-likeness (QED) is 0.158. The molecule has 0 unspecified atom stereocenters. The molecule has 58 heavy (non-hydrogen) atoms. The highest BCUT2D eigenvalue weighted by atomic mass is 19.4. The van der Waals surface area contributed by atoms with Crippen molar-refractivity contribution in [2.75, 3.05) is 0 Å². The van der Waals surface area contributed by atoms with Crippen LogP contribution in [0.5, 0.6) is 0 Å². The lowest BCUT2D eigenvalue weighted by Crippen LogP contribution is -2.11. The van der Waals surface area contributed by atoms with E-state index in [0.29, 0.717) is 56.3 Å². The van der Waals surface area contributed by atoms with Crippen molar-refractivity contribution in [2.24, 2.45) is 0 Å². The summed E-state index contributed by atoms with van der Waals surface area (Å²) in [6, 6.07) is 44.3. The summed E-state index contributed by atoms with van der Waals surface area (Å²) in [6.45, 7) is 0. The molecular weight excluding hydrogens is 754 g/mol. The van der Waals surface area contributed by atoms with Crippen LogP contribution >= 0.6 is 0 Å². The fourth-order valence-corrected chi connectivity index (χ4v) is 7.19. The number of nitrogens with zero attached hydrogens (tertiary/aromatic N) is 4. The van der Waals surface area contributed by atoms with Crippen molar-refractivity contribution in [1.29, 1.82) is 0 Å². The van der Waals surface area contributed by atoms with E-state index in [1.54, 1.807) is 24.3 Å². The summed E-state index contributed by atoms with van der Waals surface area (Å²) in [5.41, 5.74) is 2.26. The second kappa shape index (κ2) is 14.1. The molecule has 7 aromatic carbocycles. The maximum atomic E-state index is 14.1. The van der Waals surface area contributed by atoms with Crippen molar-refractivity contribution < 1.29 is 30.7 Å². The first-order valence-corrected chi connectivity index (χ1v) is 18.0. The molecule has 0 radical (unpaired) electrons. The van der Waals surface area contributed by atoms with Crippen LogP contribution in [-0.2, 0) is 12.4 Å². The summed E-state index contributed by atoms with van der Waals surface area (Å²) in [7, 11) is 0. The van der Waals surface area contributed by atoms with Crippen LogP contribution in [-0.4, -0.2) is 19.5 Å². The van der Waals surface area contributed by atoms with Gasteiger partial charge in [0.05, 0.1) is 27.8 Å². The zero-order valence-corrected chi connectivity index (χ0v) is 30.0.